The zero-order chi connectivity index (χ0) is 14.2. The average molecular weight is 338 g/mol. The van der Waals surface area contributed by atoms with Crippen molar-refractivity contribution in [1.29, 1.82) is 0 Å². The highest BCUT2D eigenvalue weighted by Gasteiger charge is 2.30. The van der Waals surface area contributed by atoms with Crippen LogP contribution < -0.4 is 10.2 Å². The fourth-order valence-corrected chi connectivity index (χ4v) is 3.92. The van der Waals surface area contributed by atoms with Gasteiger partial charge in [0.05, 0.1) is 5.69 Å². The lowest BCUT2D eigenvalue weighted by molar-refractivity contribution is 0.312. The van der Waals surface area contributed by atoms with Gasteiger partial charge in [0.15, 0.2) is 0 Å². The zero-order valence-electron chi connectivity index (χ0n) is 12.5. The van der Waals surface area contributed by atoms with Crippen LogP contribution in [-0.4, -0.2) is 44.7 Å². The van der Waals surface area contributed by atoms with E-state index in [0.717, 1.165) is 32.7 Å². The summed E-state index contributed by atoms with van der Waals surface area (Å²) >= 11 is 3.79. The number of halogens is 1. The monoisotopic (exact) mass is 337 g/mol. The van der Waals surface area contributed by atoms with Crippen LogP contribution in [0.25, 0.3) is 0 Å². The van der Waals surface area contributed by atoms with E-state index in [9.17, 15) is 0 Å². The molecule has 2 heterocycles. The van der Waals surface area contributed by atoms with Crippen LogP contribution in [0.1, 0.15) is 25.3 Å². The number of hydrogen-bond acceptors (Lipinski definition) is 3. The Hall–Kier alpha value is -0.580. The topological polar surface area (TPSA) is 18.5 Å². The molecule has 4 heteroatoms. The van der Waals surface area contributed by atoms with Gasteiger partial charge in [-0.3, -0.25) is 0 Å². The Kier molecular flexibility index (Phi) is 4.07. The third-order valence-corrected chi connectivity index (χ3v) is 5.43. The molecule has 0 saturated carbocycles. The van der Waals surface area contributed by atoms with Gasteiger partial charge in [-0.25, -0.2) is 0 Å². The van der Waals surface area contributed by atoms with Gasteiger partial charge in [0.25, 0.3) is 0 Å². The molecule has 1 unspecified atom stereocenters. The van der Waals surface area contributed by atoms with Gasteiger partial charge in [0.1, 0.15) is 0 Å². The summed E-state index contributed by atoms with van der Waals surface area (Å²) in [4.78, 5) is 4.88. The zero-order valence-corrected chi connectivity index (χ0v) is 14.0. The van der Waals surface area contributed by atoms with Gasteiger partial charge in [-0.15, -0.1) is 0 Å². The maximum atomic E-state index is 3.79. The third kappa shape index (κ3) is 2.74. The van der Waals surface area contributed by atoms with Gasteiger partial charge in [0, 0.05) is 36.2 Å². The highest BCUT2D eigenvalue weighted by Crippen LogP contribution is 2.35. The van der Waals surface area contributed by atoms with E-state index in [1.54, 1.807) is 0 Å². The van der Waals surface area contributed by atoms with Crippen molar-refractivity contribution in [3.05, 3.63) is 28.2 Å². The van der Waals surface area contributed by atoms with Crippen LogP contribution in [-0.2, 0) is 5.54 Å². The van der Waals surface area contributed by atoms with E-state index in [0.29, 0.717) is 0 Å². The normalized spacial score (nSPS) is 28.1. The molecule has 0 bridgehead atoms. The van der Waals surface area contributed by atoms with Crippen molar-refractivity contribution in [1.82, 2.24) is 10.2 Å². The first kappa shape index (κ1) is 14.4. The molecular weight excluding hydrogens is 314 g/mol. The average Bonchev–Trinajstić information content (AvgIpc) is 2.88. The Balaban J connectivity index is 1.81. The molecule has 0 amide bonds. The van der Waals surface area contributed by atoms with Crippen molar-refractivity contribution in [2.75, 3.05) is 44.7 Å². The Morgan fingerprint density at radius 2 is 1.95 bits per heavy atom. The van der Waals surface area contributed by atoms with Crippen molar-refractivity contribution in [3.8, 4) is 0 Å². The van der Waals surface area contributed by atoms with E-state index in [1.165, 1.54) is 28.6 Å². The number of rotatable bonds is 2. The predicted molar refractivity (Wildman–Crippen MR) is 88.4 cm³/mol. The number of anilines is 1. The Bertz CT molecular complexity index is 475. The molecule has 0 aliphatic carbocycles. The van der Waals surface area contributed by atoms with E-state index in [2.05, 4.69) is 63.2 Å². The fourth-order valence-electron chi connectivity index (χ4n) is 3.29. The van der Waals surface area contributed by atoms with E-state index in [1.807, 2.05) is 0 Å². The molecule has 1 aromatic rings. The molecule has 3 rings (SSSR count). The molecule has 3 nitrogen and oxygen atoms in total. The van der Waals surface area contributed by atoms with Crippen LogP contribution in [0, 0.1) is 0 Å². The number of piperazine rings is 1. The lowest BCUT2D eigenvalue weighted by atomic mass is 9.90. The second kappa shape index (κ2) is 5.66. The second-order valence-electron chi connectivity index (χ2n) is 6.32. The summed E-state index contributed by atoms with van der Waals surface area (Å²) in [5.41, 5.74) is 2.89. The van der Waals surface area contributed by atoms with Crippen LogP contribution in [0.5, 0.6) is 0 Å². The maximum Gasteiger partial charge on any atom is 0.0511 e. The minimum atomic E-state index is 0.156. The molecule has 0 spiro atoms. The summed E-state index contributed by atoms with van der Waals surface area (Å²) in [6.07, 6.45) is 2.50. The highest BCUT2D eigenvalue weighted by molar-refractivity contribution is 9.10. The summed E-state index contributed by atoms with van der Waals surface area (Å²) in [6.45, 7) is 7.97. The fraction of sp³-hybridized carbons (Fsp3) is 0.625. The minimum absolute atomic E-state index is 0.156. The molecule has 20 heavy (non-hydrogen) atoms. The van der Waals surface area contributed by atoms with Crippen LogP contribution in [0.3, 0.4) is 0 Å². The van der Waals surface area contributed by atoms with Crippen molar-refractivity contribution in [3.63, 3.8) is 0 Å². The van der Waals surface area contributed by atoms with Crippen LogP contribution in [0.2, 0.25) is 0 Å². The van der Waals surface area contributed by atoms with E-state index >= 15 is 0 Å². The largest absolute Gasteiger partial charge is 0.368 e. The summed E-state index contributed by atoms with van der Waals surface area (Å²) in [6, 6.07) is 6.90. The number of likely N-dealkylation sites (N-methyl/N-ethyl adjacent to an activating group) is 1. The Morgan fingerprint density at radius 1 is 1.20 bits per heavy atom. The Labute approximate surface area is 130 Å². The van der Waals surface area contributed by atoms with Crippen molar-refractivity contribution >= 4 is 21.6 Å². The smallest absolute Gasteiger partial charge is 0.0511 e. The maximum absolute atomic E-state index is 3.79. The highest BCUT2D eigenvalue weighted by atomic mass is 79.9. The number of nitrogens with zero attached hydrogens (tertiary/aromatic N) is 2. The Morgan fingerprint density at radius 3 is 2.55 bits per heavy atom. The standard InChI is InChI=1S/C16H24BrN3/c1-16(6-3-7-18-16)13-4-5-15(14(17)12-13)20-10-8-19(2)9-11-20/h4-5,12,18H,3,6-11H2,1-2H3. The lowest BCUT2D eigenvalue weighted by Crippen LogP contribution is -2.44. The summed E-state index contributed by atoms with van der Waals surface area (Å²) in [5.74, 6) is 0. The molecule has 2 fully saturated rings. The molecule has 2 saturated heterocycles. The number of nitrogens with one attached hydrogen (secondary N) is 1. The van der Waals surface area contributed by atoms with E-state index in [-0.39, 0.29) is 5.54 Å². The van der Waals surface area contributed by atoms with E-state index < -0.39 is 0 Å². The van der Waals surface area contributed by atoms with Crippen molar-refractivity contribution in [2.45, 2.75) is 25.3 Å². The lowest BCUT2D eigenvalue weighted by Gasteiger charge is -2.35. The van der Waals surface area contributed by atoms with Crippen LogP contribution >= 0.6 is 15.9 Å². The molecule has 2 aliphatic rings. The molecule has 0 aromatic heterocycles. The van der Waals surface area contributed by atoms with Gasteiger partial charge < -0.3 is 15.1 Å². The first-order valence-corrected chi connectivity index (χ1v) is 8.36. The van der Waals surface area contributed by atoms with Crippen LogP contribution in [0.15, 0.2) is 22.7 Å². The summed E-state index contributed by atoms with van der Waals surface area (Å²) in [5, 5.41) is 3.64. The number of benzene rings is 1. The molecule has 0 radical (unpaired) electrons. The molecule has 110 valence electrons. The first-order valence-electron chi connectivity index (χ1n) is 7.57. The SMILES string of the molecule is CN1CCN(c2ccc(C3(C)CCCN3)cc2Br)CC1. The molecule has 1 aromatic carbocycles. The quantitative estimate of drug-likeness (QED) is 0.895. The van der Waals surface area contributed by atoms with Gasteiger partial charge in [0.2, 0.25) is 0 Å². The first-order chi connectivity index (χ1) is 9.58. The minimum Gasteiger partial charge on any atom is -0.368 e. The summed E-state index contributed by atoms with van der Waals surface area (Å²) < 4.78 is 1.23. The van der Waals surface area contributed by atoms with E-state index in [4.69, 9.17) is 0 Å². The van der Waals surface area contributed by atoms with Gasteiger partial charge in [-0.05, 0) is 67.0 Å². The molecule has 1 N–H and O–H groups in total. The number of hydrogen-bond donors (Lipinski definition) is 1. The summed E-state index contributed by atoms with van der Waals surface area (Å²) in [7, 11) is 2.20. The van der Waals surface area contributed by atoms with Crippen molar-refractivity contribution < 1.29 is 0 Å². The predicted octanol–water partition coefficient (Wildman–Crippen LogP) is 2.80. The van der Waals surface area contributed by atoms with Gasteiger partial charge in [-0.2, -0.15) is 0 Å². The van der Waals surface area contributed by atoms with Gasteiger partial charge in [-0.1, -0.05) is 6.07 Å². The second-order valence-corrected chi connectivity index (χ2v) is 7.17. The molecule has 2 aliphatic heterocycles. The molecular formula is C16H24BrN3. The van der Waals surface area contributed by atoms with Crippen LogP contribution in [0.4, 0.5) is 5.69 Å². The van der Waals surface area contributed by atoms with Crippen molar-refractivity contribution in [2.24, 2.45) is 0 Å². The third-order valence-electron chi connectivity index (χ3n) is 4.80. The van der Waals surface area contributed by atoms with Gasteiger partial charge >= 0.3 is 0 Å². The molecule has 1 atom stereocenters.